The van der Waals surface area contributed by atoms with Crippen LogP contribution in [0.5, 0.6) is 0 Å². The number of nitrogens with one attached hydrogen (secondary N) is 2. The van der Waals surface area contributed by atoms with E-state index in [9.17, 15) is 14.4 Å². The van der Waals surface area contributed by atoms with Crippen LogP contribution in [0.3, 0.4) is 0 Å². The van der Waals surface area contributed by atoms with Crippen molar-refractivity contribution in [2.24, 2.45) is 0 Å². The Morgan fingerprint density at radius 2 is 1.51 bits per heavy atom. The molecule has 0 radical (unpaired) electrons. The second kappa shape index (κ2) is 10.9. The molecule has 0 saturated carbocycles. The van der Waals surface area contributed by atoms with Gasteiger partial charge in [0.1, 0.15) is 6.61 Å². The molecule has 3 aromatic rings. The molecule has 2 amide bonds. The first-order chi connectivity index (χ1) is 16.9. The van der Waals surface area contributed by atoms with Gasteiger partial charge < -0.3 is 20.5 Å². The van der Waals surface area contributed by atoms with Crippen LogP contribution in [-0.2, 0) is 20.7 Å². The summed E-state index contributed by atoms with van der Waals surface area (Å²) in [5.74, 6) is -1.09. The maximum Gasteiger partial charge on any atom is 0.407 e. The fraction of sp³-hybridized carbons (Fsp3) is 0.250. The van der Waals surface area contributed by atoms with Crippen LogP contribution in [0, 0.1) is 0 Å². The normalized spacial score (nSPS) is 12.8. The number of anilines is 1. The van der Waals surface area contributed by atoms with E-state index in [1.165, 1.54) is 11.1 Å². The predicted octanol–water partition coefficient (Wildman–Crippen LogP) is 4.96. The van der Waals surface area contributed by atoms with Gasteiger partial charge in [0.15, 0.2) is 0 Å². The van der Waals surface area contributed by atoms with Crippen LogP contribution >= 0.6 is 0 Å². The third-order valence-electron chi connectivity index (χ3n) is 6.11. The molecule has 1 atom stereocenters. The standard InChI is InChI=1S/C28H28N2O5/c1-18(10-15-26(31)30-20-13-11-19(12-14-20)16-27(32)33)29-28(34)35-17-25-23-8-4-2-6-21(23)22-7-3-5-9-24(22)25/h2-9,11-14,18,25H,10,15-17H2,1H3,(H,29,34)(H,30,31)(H,32,33). The highest BCUT2D eigenvalue weighted by Gasteiger charge is 2.29. The average Bonchev–Trinajstić information content (AvgIpc) is 3.16. The summed E-state index contributed by atoms with van der Waals surface area (Å²) in [4.78, 5) is 35.4. The zero-order valence-electron chi connectivity index (χ0n) is 19.5. The van der Waals surface area contributed by atoms with Crippen LogP contribution in [-0.4, -0.2) is 35.7 Å². The fourth-order valence-electron chi connectivity index (χ4n) is 4.37. The molecule has 0 fully saturated rings. The SMILES string of the molecule is CC(CCC(=O)Nc1ccc(CC(=O)O)cc1)NC(=O)OCC1c2ccccc2-c2ccccc21. The van der Waals surface area contributed by atoms with Crippen molar-refractivity contribution in [1.82, 2.24) is 5.32 Å². The molecule has 35 heavy (non-hydrogen) atoms. The molecule has 7 heteroatoms. The number of hydrogen-bond acceptors (Lipinski definition) is 4. The van der Waals surface area contributed by atoms with Crippen LogP contribution < -0.4 is 10.6 Å². The lowest BCUT2D eigenvalue weighted by Crippen LogP contribution is -2.34. The van der Waals surface area contributed by atoms with Crippen molar-refractivity contribution in [2.45, 2.75) is 38.1 Å². The molecule has 0 spiro atoms. The second-order valence-corrected chi connectivity index (χ2v) is 8.73. The third-order valence-corrected chi connectivity index (χ3v) is 6.11. The minimum atomic E-state index is -0.903. The van der Waals surface area contributed by atoms with Gasteiger partial charge in [0.2, 0.25) is 5.91 Å². The Kier molecular flexibility index (Phi) is 7.45. The number of fused-ring (bicyclic) bond motifs is 3. The molecule has 3 N–H and O–H groups in total. The molecule has 1 aliphatic carbocycles. The summed E-state index contributed by atoms with van der Waals surface area (Å²) in [7, 11) is 0. The van der Waals surface area contributed by atoms with Gasteiger partial charge in [-0.1, -0.05) is 60.7 Å². The minimum absolute atomic E-state index is 0.00359. The lowest BCUT2D eigenvalue weighted by molar-refractivity contribution is -0.136. The Bertz CT molecular complexity index is 1180. The molecule has 0 aromatic heterocycles. The Morgan fingerprint density at radius 3 is 2.11 bits per heavy atom. The summed E-state index contributed by atoms with van der Waals surface area (Å²) in [6, 6.07) is 22.8. The molecule has 0 saturated heterocycles. The zero-order valence-corrected chi connectivity index (χ0v) is 19.5. The van der Waals surface area contributed by atoms with Gasteiger partial charge in [0.25, 0.3) is 0 Å². The lowest BCUT2D eigenvalue weighted by atomic mass is 9.98. The summed E-state index contributed by atoms with van der Waals surface area (Å²) >= 11 is 0. The predicted molar refractivity (Wildman–Crippen MR) is 133 cm³/mol. The Balaban J connectivity index is 1.22. The van der Waals surface area contributed by atoms with Crippen LogP contribution in [0.1, 0.15) is 42.4 Å². The number of carboxylic acid groups (broad SMARTS) is 1. The highest BCUT2D eigenvalue weighted by atomic mass is 16.5. The van der Waals surface area contributed by atoms with Crippen LogP contribution in [0.4, 0.5) is 10.5 Å². The molecular formula is C28H28N2O5. The van der Waals surface area contributed by atoms with E-state index >= 15 is 0 Å². The molecule has 0 bridgehead atoms. The van der Waals surface area contributed by atoms with E-state index in [-0.39, 0.29) is 37.3 Å². The smallest absolute Gasteiger partial charge is 0.407 e. The first-order valence-electron chi connectivity index (χ1n) is 11.6. The number of carbonyl (C=O) groups excluding carboxylic acids is 2. The molecule has 7 nitrogen and oxygen atoms in total. The molecular weight excluding hydrogens is 444 g/mol. The molecule has 180 valence electrons. The van der Waals surface area contributed by atoms with Crippen molar-refractivity contribution in [2.75, 3.05) is 11.9 Å². The van der Waals surface area contributed by atoms with Crippen molar-refractivity contribution in [1.29, 1.82) is 0 Å². The highest BCUT2D eigenvalue weighted by molar-refractivity contribution is 5.90. The zero-order chi connectivity index (χ0) is 24.8. The van der Waals surface area contributed by atoms with E-state index in [1.807, 2.05) is 31.2 Å². The van der Waals surface area contributed by atoms with E-state index < -0.39 is 12.1 Å². The van der Waals surface area contributed by atoms with Crippen molar-refractivity contribution in [3.63, 3.8) is 0 Å². The van der Waals surface area contributed by atoms with E-state index in [0.29, 0.717) is 17.7 Å². The Hall–Kier alpha value is -4.13. The Labute approximate surface area is 204 Å². The van der Waals surface area contributed by atoms with Crippen LogP contribution in [0.15, 0.2) is 72.8 Å². The summed E-state index contributed by atoms with van der Waals surface area (Å²) in [6.45, 7) is 2.07. The fourth-order valence-corrected chi connectivity index (χ4v) is 4.37. The van der Waals surface area contributed by atoms with Gasteiger partial charge in [-0.2, -0.15) is 0 Å². The number of benzene rings is 3. The number of amides is 2. The van der Waals surface area contributed by atoms with E-state index in [2.05, 4.69) is 34.9 Å². The first-order valence-corrected chi connectivity index (χ1v) is 11.6. The largest absolute Gasteiger partial charge is 0.481 e. The molecule has 0 heterocycles. The average molecular weight is 473 g/mol. The van der Waals surface area contributed by atoms with Gasteiger partial charge in [0, 0.05) is 24.1 Å². The van der Waals surface area contributed by atoms with Gasteiger partial charge in [-0.15, -0.1) is 0 Å². The molecule has 1 unspecified atom stereocenters. The molecule has 0 aliphatic heterocycles. The van der Waals surface area contributed by atoms with Gasteiger partial charge in [-0.05, 0) is 53.3 Å². The maximum atomic E-state index is 12.4. The van der Waals surface area contributed by atoms with Gasteiger partial charge in [-0.3, -0.25) is 9.59 Å². The van der Waals surface area contributed by atoms with Gasteiger partial charge in [0.05, 0.1) is 6.42 Å². The summed E-state index contributed by atoms with van der Waals surface area (Å²) in [6.07, 6.45) is 0.107. The van der Waals surface area contributed by atoms with Crippen LogP contribution in [0.25, 0.3) is 11.1 Å². The number of hydrogen-bond donors (Lipinski definition) is 3. The second-order valence-electron chi connectivity index (χ2n) is 8.73. The van der Waals surface area contributed by atoms with Gasteiger partial charge >= 0.3 is 12.1 Å². The van der Waals surface area contributed by atoms with E-state index in [0.717, 1.165) is 11.1 Å². The van der Waals surface area contributed by atoms with Crippen molar-refractivity contribution >= 4 is 23.7 Å². The van der Waals surface area contributed by atoms with Gasteiger partial charge in [-0.25, -0.2) is 4.79 Å². The van der Waals surface area contributed by atoms with Crippen molar-refractivity contribution in [3.8, 4) is 11.1 Å². The van der Waals surface area contributed by atoms with Crippen molar-refractivity contribution in [3.05, 3.63) is 89.5 Å². The molecule has 1 aliphatic rings. The number of alkyl carbamates (subject to hydrolysis) is 1. The lowest BCUT2D eigenvalue weighted by Gasteiger charge is -2.17. The Morgan fingerprint density at radius 1 is 0.914 bits per heavy atom. The minimum Gasteiger partial charge on any atom is -0.481 e. The molecule has 4 rings (SSSR count). The third kappa shape index (κ3) is 6.06. The summed E-state index contributed by atoms with van der Waals surface area (Å²) in [5, 5.41) is 14.4. The summed E-state index contributed by atoms with van der Waals surface area (Å²) in [5.41, 5.74) is 5.92. The molecule has 3 aromatic carbocycles. The highest BCUT2D eigenvalue weighted by Crippen LogP contribution is 2.44. The monoisotopic (exact) mass is 472 g/mol. The quantitative estimate of drug-likeness (QED) is 0.408. The first kappa shape index (κ1) is 24.0. The number of carbonyl (C=O) groups is 3. The van der Waals surface area contributed by atoms with E-state index in [1.54, 1.807) is 24.3 Å². The number of ether oxygens (including phenoxy) is 1. The maximum absolute atomic E-state index is 12.4. The number of rotatable bonds is 9. The summed E-state index contributed by atoms with van der Waals surface area (Å²) < 4.78 is 5.56. The number of aliphatic carboxylic acids is 1. The van der Waals surface area contributed by atoms with E-state index in [4.69, 9.17) is 9.84 Å². The number of carboxylic acids is 1. The van der Waals surface area contributed by atoms with Crippen molar-refractivity contribution < 1.29 is 24.2 Å². The topological polar surface area (TPSA) is 105 Å². The van der Waals surface area contributed by atoms with Crippen LogP contribution in [0.2, 0.25) is 0 Å².